The number of hydrogen-bond donors (Lipinski definition) is 2. The maximum atomic E-state index is 15.6. The molecule has 2 saturated carbocycles. The first-order valence-electron chi connectivity index (χ1n) is 20.6. The highest BCUT2D eigenvalue weighted by atomic mass is 35.5. The van der Waals surface area contributed by atoms with E-state index < -0.39 is 123 Å². The maximum Gasteiger partial charge on any atom is 0.293 e. The number of hydrogen-bond acceptors (Lipinski definition) is 7. The number of alkyl halides is 6. The summed E-state index contributed by atoms with van der Waals surface area (Å²) >= 11 is 6.65. The number of aromatic nitrogens is 6. The van der Waals surface area contributed by atoms with Crippen molar-refractivity contribution in [2.24, 2.45) is 5.92 Å². The normalized spacial score (nSPS) is 17.9. The zero-order valence-corrected chi connectivity index (χ0v) is 35.7. The number of benzene rings is 4. The quantitative estimate of drug-likeness (QED) is 0.104. The lowest BCUT2D eigenvalue weighted by Gasteiger charge is -2.24. The Balaban J connectivity index is 1.20. The van der Waals surface area contributed by atoms with E-state index in [1.54, 1.807) is 6.07 Å². The van der Waals surface area contributed by atoms with Gasteiger partial charge in [0.1, 0.15) is 47.8 Å². The van der Waals surface area contributed by atoms with Crippen LogP contribution in [0.1, 0.15) is 66.0 Å². The average Bonchev–Trinajstić information content (AvgIpc) is 4.18. The lowest BCUT2D eigenvalue weighted by atomic mass is 10.0. The number of nitrogens with zero attached hydrogens (tertiary/aromatic N) is 6. The molecule has 2 fully saturated rings. The molecule has 3 heterocycles. The third kappa shape index (κ3) is 7.86. The largest absolute Gasteiger partial charge is 0.344 e. The number of rotatable bonds is 14. The van der Waals surface area contributed by atoms with Crippen LogP contribution in [-0.2, 0) is 40.3 Å². The topological polar surface area (TPSA) is 146 Å². The van der Waals surface area contributed by atoms with E-state index in [1.807, 2.05) is 0 Å². The molecule has 0 aliphatic heterocycles. The van der Waals surface area contributed by atoms with Crippen LogP contribution in [0, 0.1) is 23.4 Å². The number of sulfonamides is 1. The zero-order chi connectivity index (χ0) is 47.4. The molecule has 0 spiro atoms. The summed E-state index contributed by atoms with van der Waals surface area (Å²) in [6.07, 6.45) is -6.44. The van der Waals surface area contributed by atoms with E-state index >= 15 is 18.0 Å². The Bertz CT molecular complexity index is 3360. The van der Waals surface area contributed by atoms with Crippen molar-refractivity contribution in [1.29, 1.82) is 0 Å². The van der Waals surface area contributed by atoms with Gasteiger partial charge < -0.3 is 5.32 Å². The van der Waals surface area contributed by atoms with Crippen LogP contribution in [0.25, 0.3) is 38.6 Å². The standard InChI is InChI=1S/C44H32ClF9N8O4S/c45-28-9-10-32(38-36(28)41(58-60(38)17-33(49)50)59-67(65,66)23-6-7-23)62-42(56-30-14-20(5-8-25(30)43(62)64)24-3-1-2-4-29(24)48)31(13-19-11-21(46)15-22(47)12-19)55-34(63)18-61-39-35(37(57-61)40(51)52)26-16-27(26)44(39,53)54/h1-5,8-12,14-15,23,26-27,31,33,40H,6-7,13,16-18H2,(H,55,63)(H,58,59)/t26?,27-,31+/m1/s1. The van der Waals surface area contributed by atoms with Gasteiger partial charge in [0.2, 0.25) is 15.9 Å². The van der Waals surface area contributed by atoms with Crippen molar-refractivity contribution < 1.29 is 52.7 Å². The Morgan fingerprint density at radius 1 is 0.925 bits per heavy atom. The van der Waals surface area contributed by atoms with Gasteiger partial charge in [0.25, 0.3) is 24.3 Å². The summed E-state index contributed by atoms with van der Waals surface area (Å²) in [6.45, 7) is -2.26. The second kappa shape index (κ2) is 16.1. The molecule has 67 heavy (non-hydrogen) atoms. The predicted octanol–water partition coefficient (Wildman–Crippen LogP) is 9.09. The van der Waals surface area contributed by atoms with E-state index in [-0.39, 0.29) is 61.2 Å². The van der Waals surface area contributed by atoms with Gasteiger partial charge in [-0.3, -0.25) is 28.2 Å². The van der Waals surface area contributed by atoms with Crippen molar-refractivity contribution in [2.45, 2.75) is 74.8 Å². The SMILES string of the molecule is O=C(Cn1nc(C(F)F)c2c1C(F)(F)[C@@H]1CC21)N[C@@H](Cc1cc(F)cc(F)c1)c1nc2cc(-c3ccccc3F)ccc2c(=O)n1-c1ccc(Cl)c2c(NS(=O)(=O)C3CC3)nn(CC(F)F)c12. The molecule has 0 bridgehead atoms. The van der Waals surface area contributed by atoms with Crippen LogP contribution < -0.4 is 15.6 Å². The highest BCUT2D eigenvalue weighted by Gasteiger charge is 2.67. The molecule has 23 heteroatoms. The molecule has 2 N–H and O–H groups in total. The van der Waals surface area contributed by atoms with E-state index in [4.69, 9.17) is 16.6 Å². The lowest BCUT2D eigenvalue weighted by Crippen LogP contribution is -2.38. The first-order chi connectivity index (χ1) is 31.8. The minimum Gasteiger partial charge on any atom is -0.344 e. The van der Waals surface area contributed by atoms with Gasteiger partial charge in [-0.1, -0.05) is 35.9 Å². The molecule has 3 aromatic heterocycles. The molecular formula is C44H32ClF9N8O4S. The summed E-state index contributed by atoms with van der Waals surface area (Å²) in [7, 11) is -4.11. The van der Waals surface area contributed by atoms with Gasteiger partial charge in [0.15, 0.2) is 5.82 Å². The van der Waals surface area contributed by atoms with Crippen molar-refractivity contribution >= 4 is 55.2 Å². The van der Waals surface area contributed by atoms with Crippen LogP contribution in [0.2, 0.25) is 5.02 Å². The molecule has 1 unspecified atom stereocenters. The van der Waals surface area contributed by atoms with Gasteiger partial charge >= 0.3 is 0 Å². The predicted molar refractivity (Wildman–Crippen MR) is 225 cm³/mol. The Morgan fingerprint density at radius 2 is 1.66 bits per heavy atom. The molecule has 4 aromatic carbocycles. The molecule has 0 saturated heterocycles. The molecule has 3 aliphatic carbocycles. The minimum absolute atomic E-state index is 0.0598. The van der Waals surface area contributed by atoms with E-state index in [0.29, 0.717) is 28.3 Å². The van der Waals surface area contributed by atoms with Crippen LogP contribution >= 0.6 is 11.6 Å². The van der Waals surface area contributed by atoms with Gasteiger partial charge in [0, 0.05) is 29.5 Å². The summed E-state index contributed by atoms with van der Waals surface area (Å²) in [5.74, 6) is -10.7. The maximum absolute atomic E-state index is 15.6. The second-order valence-electron chi connectivity index (χ2n) is 16.7. The summed E-state index contributed by atoms with van der Waals surface area (Å²) in [5, 5.41) is 9.00. The molecule has 1 amide bonds. The molecule has 12 nitrogen and oxygen atoms in total. The van der Waals surface area contributed by atoms with E-state index in [1.165, 1.54) is 48.5 Å². The van der Waals surface area contributed by atoms with Gasteiger partial charge in [-0.2, -0.15) is 19.0 Å². The summed E-state index contributed by atoms with van der Waals surface area (Å²) in [4.78, 5) is 34.1. The molecular weight excluding hydrogens is 943 g/mol. The number of anilines is 1. The lowest BCUT2D eigenvalue weighted by molar-refractivity contribution is -0.123. The number of amides is 1. The third-order valence-electron chi connectivity index (χ3n) is 12.1. The smallest absolute Gasteiger partial charge is 0.293 e. The van der Waals surface area contributed by atoms with Crippen molar-refractivity contribution in [1.82, 2.24) is 34.4 Å². The fraction of sp³-hybridized carbons (Fsp3) is 0.295. The average molecular weight is 975 g/mol. The van der Waals surface area contributed by atoms with E-state index in [9.17, 15) is 39.6 Å². The zero-order valence-electron chi connectivity index (χ0n) is 34.1. The first kappa shape index (κ1) is 44.4. The highest BCUT2D eigenvalue weighted by molar-refractivity contribution is 7.93. The minimum atomic E-state index is -4.11. The van der Waals surface area contributed by atoms with Crippen molar-refractivity contribution in [3.8, 4) is 16.8 Å². The molecule has 3 aliphatic rings. The summed E-state index contributed by atoms with van der Waals surface area (Å²) < 4.78 is 164. The number of nitrogens with one attached hydrogen (secondary N) is 2. The van der Waals surface area contributed by atoms with Gasteiger partial charge in [-0.15, -0.1) is 0 Å². The van der Waals surface area contributed by atoms with Crippen molar-refractivity contribution in [2.75, 3.05) is 4.72 Å². The Labute approximate surface area is 377 Å². The highest BCUT2D eigenvalue weighted by Crippen LogP contribution is 2.68. The summed E-state index contributed by atoms with van der Waals surface area (Å²) in [6, 6.07) is 12.7. The van der Waals surface area contributed by atoms with Crippen LogP contribution in [0.3, 0.4) is 0 Å². The Kier molecular flexibility index (Phi) is 10.7. The first-order valence-corrected chi connectivity index (χ1v) is 22.5. The van der Waals surface area contributed by atoms with Crippen LogP contribution in [0.5, 0.6) is 0 Å². The van der Waals surface area contributed by atoms with Crippen LogP contribution in [0.4, 0.5) is 45.3 Å². The molecule has 7 aromatic rings. The second-order valence-corrected chi connectivity index (χ2v) is 19.0. The fourth-order valence-electron chi connectivity index (χ4n) is 9.03. The van der Waals surface area contributed by atoms with E-state index in [0.717, 1.165) is 16.7 Å². The monoisotopic (exact) mass is 974 g/mol. The molecule has 3 atom stereocenters. The van der Waals surface area contributed by atoms with Crippen LogP contribution in [-0.4, -0.2) is 55.1 Å². The number of halogens is 10. The fourth-order valence-corrected chi connectivity index (χ4v) is 10.6. The third-order valence-corrected chi connectivity index (χ3v) is 14.3. The van der Waals surface area contributed by atoms with E-state index in [2.05, 4.69) is 20.2 Å². The van der Waals surface area contributed by atoms with Crippen molar-refractivity contribution in [3.05, 3.63) is 134 Å². The summed E-state index contributed by atoms with van der Waals surface area (Å²) in [5.41, 5.74) is -3.75. The van der Waals surface area contributed by atoms with Crippen LogP contribution in [0.15, 0.2) is 77.6 Å². The number of fused-ring (bicyclic) bond motifs is 5. The molecule has 348 valence electrons. The Hall–Kier alpha value is -6.42. The number of carbonyl (C=O) groups is 1. The van der Waals surface area contributed by atoms with Gasteiger partial charge in [-0.25, -0.2) is 44.1 Å². The number of carbonyl (C=O) groups excluding carboxylic acids is 1. The Morgan fingerprint density at radius 3 is 2.34 bits per heavy atom. The van der Waals surface area contributed by atoms with Crippen molar-refractivity contribution in [3.63, 3.8) is 0 Å². The molecule has 0 radical (unpaired) electrons. The molecule has 10 rings (SSSR count). The van der Waals surface area contributed by atoms with Gasteiger partial charge in [-0.05, 0) is 78.8 Å². The van der Waals surface area contributed by atoms with Gasteiger partial charge in [0.05, 0.1) is 43.8 Å².